The predicted octanol–water partition coefficient (Wildman–Crippen LogP) is 3.28. The Morgan fingerprint density at radius 3 is 2.81 bits per heavy atom. The molecule has 0 aliphatic rings. The van der Waals surface area contributed by atoms with E-state index in [1.807, 2.05) is 30.5 Å². The maximum atomic E-state index is 4.29. The molecule has 2 rings (SSSR count). The van der Waals surface area contributed by atoms with Crippen LogP contribution >= 0.6 is 27.7 Å². The van der Waals surface area contributed by atoms with E-state index in [0.717, 1.165) is 20.9 Å². The average molecular weight is 296 g/mol. The highest BCUT2D eigenvalue weighted by molar-refractivity contribution is 9.10. The van der Waals surface area contributed by atoms with Crippen molar-refractivity contribution >= 4 is 33.4 Å². The molecule has 1 aromatic carbocycles. The quantitative estimate of drug-likeness (QED) is 0.814. The first kappa shape index (κ1) is 11.4. The minimum atomic E-state index is 0.744. The van der Waals surface area contributed by atoms with Crippen molar-refractivity contribution in [2.45, 2.75) is 5.16 Å². The summed E-state index contributed by atoms with van der Waals surface area (Å²) in [4.78, 5) is 4.15. The van der Waals surface area contributed by atoms with Crippen molar-refractivity contribution in [1.29, 1.82) is 0 Å². The van der Waals surface area contributed by atoms with Crippen molar-refractivity contribution in [3.05, 3.63) is 47.2 Å². The second kappa shape index (κ2) is 4.84. The maximum Gasteiger partial charge on any atom is 0.208 e. The van der Waals surface area contributed by atoms with E-state index in [-0.39, 0.29) is 0 Å². The summed E-state index contributed by atoms with van der Waals surface area (Å²) >= 11 is 5.00. The summed E-state index contributed by atoms with van der Waals surface area (Å²) in [7, 11) is 0. The van der Waals surface area contributed by atoms with Gasteiger partial charge in [0.05, 0.1) is 5.70 Å². The van der Waals surface area contributed by atoms with Gasteiger partial charge in [-0.05, 0) is 12.3 Å². The van der Waals surface area contributed by atoms with E-state index in [2.05, 4.69) is 32.6 Å². The van der Waals surface area contributed by atoms with Gasteiger partial charge in [0.25, 0.3) is 0 Å². The number of benzene rings is 1. The predicted molar refractivity (Wildman–Crippen MR) is 70.4 cm³/mol. The molecule has 1 aromatic heterocycles. The van der Waals surface area contributed by atoms with E-state index >= 15 is 0 Å². The lowest BCUT2D eigenvalue weighted by atomic mass is 10.2. The highest BCUT2D eigenvalue weighted by atomic mass is 79.9. The summed E-state index contributed by atoms with van der Waals surface area (Å²) in [6, 6.07) is 7.91. The van der Waals surface area contributed by atoms with Crippen molar-refractivity contribution in [1.82, 2.24) is 14.8 Å². The summed E-state index contributed by atoms with van der Waals surface area (Å²) < 4.78 is 2.69. The van der Waals surface area contributed by atoms with E-state index in [4.69, 9.17) is 0 Å². The molecule has 0 saturated carbocycles. The summed E-state index contributed by atoms with van der Waals surface area (Å²) in [5.74, 6) is 0. The Kier molecular flexibility index (Phi) is 3.46. The molecular weight excluding hydrogens is 286 g/mol. The van der Waals surface area contributed by atoms with Crippen LogP contribution < -0.4 is 0 Å². The van der Waals surface area contributed by atoms with E-state index in [9.17, 15) is 0 Å². The Balaban J connectivity index is 2.35. The Hall–Kier alpha value is -1.07. The highest BCUT2D eigenvalue weighted by Crippen LogP contribution is 2.23. The van der Waals surface area contributed by atoms with Crippen molar-refractivity contribution < 1.29 is 0 Å². The first-order valence-corrected chi connectivity index (χ1v) is 6.64. The molecule has 0 aliphatic carbocycles. The van der Waals surface area contributed by atoms with E-state index in [1.165, 1.54) is 11.8 Å². The number of thioether (sulfide) groups is 1. The van der Waals surface area contributed by atoms with Crippen LogP contribution in [0.3, 0.4) is 0 Å². The molecule has 0 spiro atoms. The molecule has 0 aliphatic heterocycles. The van der Waals surface area contributed by atoms with Crippen LogP contribution in [-0.2, 0) is 0 Å². The molecule has 0 atom stereocenters. The Morgan fingerprint density at radius 1 is 1.44 bits per heavy atom. The van der Waals surface area contributed by atoms with Crippen molar-refractivity contribution in [3.8, 4) is 0 Å². The van der Waals surface area contributed by atoms with Gasteiger partial charge in [0.2, 0.25) is 5.16 Å². The fourth-order valence-electron chi connectivity index (χ4n) is 1.29. The molecule has 1 heterocycles. The van der Waals surface area contributed by atoms with Gasteiger partial charge in [-0.15, -0.1) is 5.10 Å². The largest absolute Gasteiger partial charge is 0.220 e. The van der Waals surface area contributed by atoms with Gasteiger partial charge < -0.3 is 0 Å². The van der Waals surface area contributed by atoms with Gasteiger partial charge in [-0.25, -0.2) is 9.67 Å². The lowest BCUT2D eigenvalue weighted by Gasteiger charge is -2.06. The molecule has 82 valence electrons. The Morgan fingerprint density at radius 2 is 2.19 bits per heavy atom. The Labute approximate surface area is 107 Å². The van der Waals surface area contributed by atoms with Crippen molar-refractivity contribution in [3.63, 3.8) is 0 Å². The fraction of sp³-hybridized carbons (Fsp3) is 0.0909. The summed E-state index contributed by atoms with van der Waals surface area (Å²) in [5, 5.41) is 5.04. The standard InChI is InChI=1S/C11H10BrN3S/c1-8(9-5-3-4-6-10(9)12)15-7-13-11(14-15)16-2/h3-7H,1H2,2H3. The van der Waals surface area contributed by atoms with Gasteiger partial charge in [0.15, 0.2) is 0 Å². The third-order valence-corrected chi connectivity index (χ3v) is 3.36. The maximum absolute atomic E-state index is 4.29. The van der Waals surface area contributed by atoms with Gasteiger partial charge >= 0.3 is 0 Å². The summed E-state index contributed by atoms with van der Waals surface area (Å²) in [6.45, 7) is 4.02. The minimum absolute atomic E-state index is 0.744. The number of aromatic nitrogens is 3. The third kappa shape index (κ3) is 2.20. The zero-order chi connectivity index (χ0) is 11.5. The van der Waals surface area contributed by atoms with Gasteiger partial charge in [0, 0.05) is 10.0 Å². The second-order valence-corrected chi connectivity index (χ2v) is 4.73. The molecular formula is C11H10BrN3S. The average Bonchev–Trinajstić information content (AvgIpc) is 2.77. The zero-order valence-corrected chi connectivity index (χ0v) is 11.1. The topological polar surface area (TPSA) is 30.7 Å². The lowest BCUT2D eigenvalue weighted by molar-refractivity contribution is 0.855. The van der Waals surface area contributed by atoms with Crippen LogP contribution in [0.1, 0.15) is 5.56 Å². The van der Waals surface area contributed by atoms with Gasteiger partial charge in [-0.3, -0.25) is 0 Å². The molecule has 16 heavy (non-hydrogen) atoms. The number of hydrogen-bond donors (Lipinski definition) is 0. The number of nitrogens with zero attached hydrogens (tertiary/aromatic N) is 3. The molecule has 0 radical (unpaired) electrons. The summed E-state index contributed by atoms with van der Waals surface area (Å²) in [5.41, 5.74) is 1.82. The van der Waals surface area contributed by atoms with Crippen LogP contribution in [0.25, 0.3) is 5.70 Å². The highest BCUT2D eigenvalue weighted by Gasteiger charge is 2.07. The number of rotatable bonds is 3. The van der Waals surface area contributed by atoms with Crippen LogP contribution in [-0.4, -0.2) is 21.0 Å². The molecule has 0 bridgehead atoms. The van der Waals surface area contributed by atoms with E-state index < -0.39 is 0 Å². The van der Waals surface area contributed by atoms with Crippen LogP contribution in [0.2, 0.25) is 0 Å². The van der Waals surface area contributed by atoms with E-state index in [0.29, 0.717) is 0 Å². The molecule has 0 unspecified atom stereocenters. The van der Waals surface area contributed by atoms with Gasteiger partial charge in [0.1, 0.15) is 6.33 Å². The minimum Gasteiger partial charge on any atom is -0.220 e. The third-order valence-electron chi connectivity index (χ3n) is 2.11. The van der Waals surface area contributed by atoms with Crippen LogP contribution in [0.5, 0.6) is 0 Å². The van der Waals surface area contributed by atoms with Crippen molar-refractivity contribution in [2.75, 3.05) is 6.26 Å². The first-order chi connectivity index (χ1) is 7.72. The molecule has 0 amide bonds. The van der Waals surface area contributed by atoms with Crippen molar-refractivity contribution in [2.24, 2.45) is 0 Å². The molecule has 5 heteroatoms. The van der Waals surface area contributed by atoms with Gasteiger partial charge in [-0.2, -0.15) is 0 Å². The monoisotopic (exact) mass is 295 g/mol. The van der Waals surface area contributed by atoms with Gasteiger partial charge in [-0.1, -0.05) is 52.5 Å². The van der Waals surface area contributed by atoms with Crippen LogP contribution in [0.4, 0.5) is 0 Å². The van der Waals surface area contributed by atoms with Crippen LogP contribution in [0.15, 0.2) is 46.8 Å². The number of hydrogen-bond acceptors (Lipinski definition) is 3. The second-order valence-electron chi connectivity index (χ2n) is 3.10. The molecule has 0 fully saturated rings. The van der Waals surface area contributed by atoms with Crippen LogP contribution in [0, 0.1) is 0 Å². The Bertz CT molecular complexity index is 521. The number of halogens is 1. The first-order valence-electron chi connectivity index (χ1n) is 4.62. The fourth-order valence-corrected chi connectivity index (χ4v) is 2.13. The molecule has 2 aromatic rings. The zero-order valence-electron chi connectivity index (χ0n) is 8.72. The molecule has 3 nitrogen and oxygen atoms in total. The smallest absolute Gasteiger partial charge is 0.208 e. The van der Waals surface area contributed by atoms with E-state index in [1.54, 1.807) is 11.0 Å². The summed E-state index contributed by atoms with van der Waals surface area (Å²) in [6.07, 6.45) is 3.62. The molecule has 0 N–H and O–H groups in total. The molecule has 0 saturated heterocycles. The normalized spacial score (nSPS) is 10.4. The SMILES string of the molecule is C=C(c1ccccc1Br)n1cnc(SC)n1. The lowest BCUT2D eigenvalue weighted by Crippen LogP contribution is -1.98.